The second-order valence-corrected chi connectivity index (χ2v) is 7.36. The molecule has 0 saturated carbocycles. The van der Waals surface area contributed by atoms with Crippen molar-refractivity contribution in [1.82, 2.24) is 14.4 Å². The van der Waals surface area contributed by atoms with Crippen molar-refractivity contribution in [2.45, 2.75) is 26.3 Å². The highest BCUT2D eigenvalue weighted by Gasteiger charge is 2.36. The summed E-state index contributed by atoms with van der Waals surface area (Å²) in [5.74, 6) is 0.213. The first kappa shape index (κ1) is 21.1. The fourth-order valence-electron chi connectivity index (χ4n) is 4.65. The Kier molecular flexibility index (Phi) is 6.89. The van der Waals surface area contributed by atoms with Gasteiger partial charge in [-0.25, -0.2) is 0 Å². The van der Waals surface area contributed by atoms with Gasteiger partial charge in [-0.1, -0.05) is 18.2 Å². The van der Waals surface area contributed by atoms with Crippen LogP contribution in [0.25, 0.3) is 16.5 Å². The lowest BCUT2D eigenvalue weighted by Crippen LogP contribution is -2.47. The molecule has 4 nitrogen and oxygen atoms in total. The third kappa shape index (κ3) is 3.69. The van der Waals surface area contributed by atoms with E-state index in [0.717, 1.165) is 26.1 Å². The van der Waals surface area contributed by atoms with Crippen LogP contribution in [0.15, 0.2) is 30.5 Å². The zero-order chi connectivity index (χ0) is 19.7. The molecule has 0 fully saturated rings. The standard InChI is InChI=1S/C21H27N3O.I2/c1-5-24(6-2)21(25)15-10-17-16-8-7-9-18-20(16)14(12-22(18)3)11-19(17)23(4)13-15;1-2/h7-10,12,15,19H,5-6,11,13H2,1-4H3;/t15-,19-;/m1./s1. The molecule has 0 spiro atoms. The molecular weight excluding hydrogens is 564 g/mol. The highest BCUT2D eigenvalue weighted by molar-refractivity contribution is 15.0. The molecule has 146 valence electrons. The minimum atomic E-state index is -0.0448. The first-order valence-electron chi connectivity index (χ1n) is 9.47. The molecule has 1 aromatic carbocycles. The van der Waals surface area contributed by atoms with Gasteiger partial charge in [-0.2, -0.15) is 0 Å². The van der Waals surface area contributed by atoms with E-state index in [0.29, 0.717) is 6.04 Å². The molecule has 0 radical (unpaired) electrons. The van der Waals surface area contributed by atoms with Crippen LogP contribution in [-0.4, -0.2) is 53.0 Å². The lowest BCUT2D eigenvalue weighted by atomic mass is 9.79. The molecule has 1 aromatic heterocycles. The summed E-state index contributed by atoms with van der Waals surface area (Å²) >= 11 is 4.24. The number of hydrogen-bond acceptors (Lipinski definition) is 2. The minimum absolute atomic E-state index is 0.0448. The fraction of sp³-hybridized carbons (Fsp3) is 0.476. The Morgan fingerprint density at radius 2 is 1.93 bits per heavy atom. The Morgan fingerprint density at radius 1 is 1.22 bits per heavy atom. The van der Waals surface area contributed by atoms with Crippen LogP contribution in [0.5, 0.6) is 0 Å². The Morgan fingerprint density at radius 3 is 2.59 bits per heavy atom. The van der Waals surface area contributed by atoms with Gasteiger partial charge in [0.05, 0.1) is 5.92 Å². The first-order valence-corrected chi connectivity index (χ1v) is 15.8. The SMILES string of the molecule is CCN(CC)C(=O)[C@@H]1C=C2c3cccc4c3c(cn4C)C[C@H]2N(C)C1.II. The molecule has 27 heavy (non-hydrogen) atoms. The number of nitrogens with zero attached hydrogens (tertiary/aromatic N) is 3. The van der Waals surface area contributed by atoms with E-state index in [1.54, 1.807) is 0 Å². The topological polar surface area (TPSA) is 28.5 Å². The predicted octanol–water partition coefficient (Wildman–Crippen LogP) is 4.69. The number of hydrogen-bond donors (Lipinski definition) is 0. The summed E-state index contributed by atoms with van der Waals surface area (Å²) < 4.78 is 2.23. The van der Waals surface area contributed by atoms with Crippen LogP contribution in [0.2, 0.25) is 0 Å². The number of rotatable bonds is 3. The molecule has 4 rings (SSSR count). The van der Waals surface area contributed by atoms with Gasteiger partial charge < -0.3 is 9.47 Å². The van der Waals surface area contributed by atoms with E-state index < -0.39 is 0 Å². The van der Waals surface area contributed by atoms with Gasteiger partial charge in [0.2, 0.25) is 5.91 Å². The van der Waals surface area contributed by atoms with E-state index in [1.165, 1.54) is 27.6 Å². The summed E-state index contributed by atoms with van der Waals surface area (Å²) in [4.78, 5) is 17.2. The van der Waals surface area contributed by atoms with E-state index in [9.17, 15) is 4.79 Å². The molecule has 2 aliphatic rings. The predicted molar refractivity (Wildman–Crippen MR) is 130 cm³/mol. The molecule has 1 amide bonds. The van der Waals surface area contributed by atoms with Gasteiger partial charge in [-0.15, -0.1) is 0 Å². The normalized spacial score (nSPS) is 21.2. The van der Waals surface area contributed by atoms with Crippen molar-refractivity contribution in [3.05, 3.63) is 41.6 Å². The van der Waals surface area contributed by atoms with Crippen molar-refractivity contribution in [2.24, 2.45) is 13.0 Å². The summed E-state index contributed by atoms with van der Waals surface area (Å²) in [6.45, 7) is 6.48. The van der Waals surface area contributed by atoms with Crippen molar-refractivity contribution in [1.29, 1.82) is 0 Å². The van der Waals surface area contributed by atoms with Crippen molar-refractivity contribution >= 4 is 59.6 Å². The molecular formula is C21H27I2N3O. The molecule has 6 heteroatoms. The van der Waals surface area contributed by atoms with Crippen LogP contribution < -0.4 is 0 Å². The number of likely N-dealkylation sites (N-methyl/N-ethyl adjacent to an activating group) is 1. The first-order chi connectivity index (χ1) is 13.0. The van der Waals surface area contributed by atoms with Crippen molar-refractivity contribution in [2.75, 3.05) is 26.7 Å². The number of aromatic nitrogens is 1. The minimum Gasteiger partial charge on any atom is -0.350 e. The molecule has 0 saturated heterocycles. The fourth-order valence-corrected chi connectivity index (χ4v) is 4.65. The van der Waals surface area contributed by atoms with Gasteiger partial charge in [0.25, 0.3) is 0 Å². The number of carbonyl (C=O) groups excluding carboxylic acids is 1. The number of halogens is 2. The zero-order valence-corrected chi connectivity index (χ0v) is 20.7. The number of benzene rings is 1. The van der Waals surface area contributed by atoms with Gasteiger partial charge >= 0.3 is 0 Å². The monoisotopic (exact) mass is 591 g/mol. The maximum Gasteiger partial charge on any atom is 0.230 e. The summed E-state index contributed by atoms with van der Waals surface area (Å²) in [6.07, 6.45) is 5.56. The van der Waals surface area contributed by atoms with Gasteiger partial charge in [0.15, 0.2) is 0 Å². The second kappa shape index (κ2) is 8.82. The van der Waals surface area contributed by atoms with Crippen LogP contribution in [0.4, 0.5) is 0 Å². The van der Waals surface area contributed by atoms with Crippen molar-refractivity contribution in [3.8, 4) is 0 Å². The van der Waals surface area contributed by atoms with E-state index >= 15 is 0 Å². The molecule has 2 heterocycles. The number of fused-ring (bicyclic) bond motifs is 2. The highest BCUT2D eigenvalue weighted by Crippen LogP contribution is 2.41. The number of aryl methyl sites for hydroxylation is 1. The Hall–Kier alpha value is -0.610. The van der Waals surface area contributed by atoms with E-state index in [1.807, 2.05) is 4.90 Å². The van der Waals surface area contributed by atoms with Crippen LogP contribution >= 0.6 is 37.2 Å². The molecule has 0 bridgehead atoms. The van der Waals surface area contributed by atoms with Crippen molar-refractivity contribution in [3.63, 3.8) is 0 Å². The molecule has 2 atom stereocenters. The van der Waals surface area contributed by atoms with Crippen LogP contribution in [0.1, 0.15) is 25.0 Å². The average molecular weight is 591 g/mol. The lowest BCUT2D eigenvalue weighted by molar-refractivity contribution is -0.134. The molecule has 0 unspecified atom stereocenters. The zero-order valence-electron chi connectivity index (χ0n) is 16.4. The maximum atomic E-state index is 12.9. The largest absolute Gasteiger partial charge is 0.350 e. The number of amides is 1. The van der Waals surface area contributed by atoms with Gasteiger partial charge in [0, 0.05) is 87.1 Å². The smallest absolute Gasteiger partial charge is 0.230 e. The summed E-state index contributed by atoms with van der Waals surface area (Å²) in [5.41, 5.74) is 5.36. The van der Waals surface area contributed by atoms with Crippen molar-refractivity contribution < 1.29 is 4.79 Å². The average Bonchev–Trinajstić information content (AvgIpc) is 3.02. The Bertz CT molecular complexity index is 870. The Labute approximate surface area is 185 Å². The lowest BCUT2D eigenvalue weighted by Gasteiger charge is -2.40. The summed E-state index contributed by atoms with van der Waals surface area (Å²) in [5, 5.41) is 1.37. The van der Waals surface area contributed by atoms with Gasteiger partial charge in [0.1, 0.15) is 0 Å². The summed E-state index contributed by atoms with van der Waals surface area (Å²) in [6, 6.07) is 6.93. The van der Waals surface area contributed by atoms with E-state index in [-0.39, 0.29) is 11.8 Å². The Balaban J connectivity index is 0.00000102. The quantitative estimate of drug-likeness (QED) is 0.486. The van der Waals surface area contributed by atoms with Crippen LogP contribution in [0.3, 0.4) is 0 Å². The molecule has 1 aliphatic carbocycles. The van der Waals surface area contributed by atoms with Gasteiger partial charge in [-0.3, -0.25) is 9.69 Å². The second-order valence-electron chi connectivity index (χ2n) is 7.36. The molecule has 0 N–H and O–H groups in total. The summed E-state index contributed by atoms with van der Waals surface area (Å²) in [7, 11) is 4.28. The van der Waals surface area contributed by atoms with Gasteiger partial charge in [-0.05, 0) is 50.1 Å². The van der Waals surface area contributed by atoms with E-state index in [2.05, 4.69) is 105 Å². The maximum absolute atomic E-state index is 12.9. The van der Waals surface area contributed by atoms with E-state index in [4.69, 9.17) is 0 Å². The highest BCUT2D eigenvalue weighted by atomic mass is 128. The third-order valence-corrected chi connectivity index (χ3v) is 5.97. The molecule has 1 aliphatic heterocycles. The van der Waals surface area contributed by atoms with Crippen LogP contribution in [-0.2, 0) is 18.3 Å². The molecule has 2 aromatic rings. The van der Waals surface area contributed by atoms with Crippen LogP contribution in [0, 0.1) is 5.92 Å². The number of carbonyl (C=O) groups is 1. The third-order valence-electron chi connectivity index (χ3n) is 5.97.